The smallest absolute Gasteiger partial charge is 0.444 e. The van der Waals surface area contributed by atoms with E-state index < -0.39 is 5.60 Å². The lowest BCUT2D eigenvalue weighted by Crippen LogP contribution is -2.41. The van der Waals surface area contributed by atoms with Crippen LogP contribution >= 0.6 is 0 Å². The fourth-order valence-electron chi connectivity index (χ4n) is 2.96. The summed E-state index contributed by atoms with van der Waals surface area (Å²) in [5, 5.41) is 0. The van der Waals surface area contributed by atoms with E-state index in [1.54, 1.807) is 11.9 Å². The van der Waals surface area contributed by atoms with Crippen LogP contribution in [0.1, 0.15) is 54.0 Å². The monoisotopic (exact) mass is 404 g/mol. The maximum Gasteiger partial charge on any atom is 0.494 e. The molecule has 0 saturated carbocycles. The highest BCUT2D eigenvalue weighted by Gasteiger charge is 2.51. The van der Waals surface area contributed by atoms with Crippen molar-refractivity contribution in [2.24, 2.45) is 0 Å². The van der Waals surface area contributed by atoms with Crippen LogP contribution < -0.4 is 5.46 Å². The van der Waals surface area contributed by atoms with E-state index in [0.29, 0.717) is 6.54 Å². The second-order valence-electron chi connectivity index (χ2n) is 9.97. The third-order valence-corrected chi connectivity index (χ3v) is 5.45. The summed E-state index contributed by atoms with van der Waals surface area (Å²) in [6.07, 6.45) is -0.298. The summed E-state index contributed by atoms with van der Waals surface area (Å²) in [4.78, 5) is 15.9. The summed E-state index contributed by atoms with van der Waals surface area (Å²) in [5.74, 6) is 0. The minimum absolute atomic E-state index is 0.298. The highest BCUT2D eigenvalue weighted by atomic mass is 16.7. The van der Waals surface area contributed by atoms with Crippen LogP contribution in [0.2, 0.25) is 0 Å². The minimum Gasteiger partial charge on any atom is -0.444 e. The third-order valence-electron chi connectivity index (χ3n) is 5.45. The van der Waals surface area contributed by atoms with Crippen LogP contribution in [0.5, 0.6) is 0 Å². The molecule has 1 aliphatic rings. The number of rotatable bonds is 6. The molecule has 0 N–H and O–H groups in total. The van der Waals surface area contributed by atoms with E-state index in [1.165, 1.54) is 5.56 Å². The lowest BCUT2D eigenvalue weighted by molar-refractivity contribution is 0.00578. The molecule has 1 amide bonds. The minimum atomic E-state index is -0.481. The Hall–Kier alpha value is -1.57. The molecule has 0 bridgehead atoms. The van der Waals surface area contributed by atoms with Crippen molar-refractivity contribution in [3.8, 4) is 0 Å². The number of carbonyl (C=O) groups is 1. The molecule has 1 saturated heterocycles. The number of ether oxygens (including phenoxy) is 1. The van der Waals surface area contributed by atoms with Crippen LogP contribution in [-0.2, 0) is 20.6 Å². The van der Waals surface area contributed by atoms with Gasteiger partial charge in [0.25, 0.3) is 0 Å². The number of benzene rings is 1. The number of carbonyl (C=O) groups excluding carboxylic acids is 1. The van der Waals surface area contributed by atoms with E-state index in [1.807, 2.05) is 40.0 Å². The molecule has 1 aromatic carbocycles. The zero-order valence-electron chi connectivity index (χ0n) is 19.5. The molecule has 0 aliphatic carbocycles. The Labute approximate surface area is 176 Å². The first-order valence-electron chi connectivity index (χ1n) is 10.3. The highest BCUT2D eigenvalue weighted by Crippen LogP contribution is 2.36. The summed E-state index contributed by atoms with van der Waals surface area (Å²) in [6, 6.07) is 8.32. The maximum atomic E-state index is 12.1. The molecule has 2 rings (SSSR count). The first-order valence-corrected chi connectivity index (χ1v) is 10.3. The molecule has 29 heavy (non-hydrogen) atoms. The maximum absolute atomic E-state index is 12.1. The van der Waals surface area contributed by atoms with Crippen LogP contribution in [0.15, 0.2) is 24.3 Å². The van der Waals surface area contributed by atoms with E-state index in [4.69, 9.17) is 14.0 Å². The van der Waals surface area contributed by atoms with Gasteiger partial charge in [0, 0.05) is 26.7 Å². The fourth-order valence-corrected chi connectivity index (χ4v) is 2.96. The average molecular weight is 404 g/mol. The first-order chi connectivity index (χ1) is 13.2. The van der Waals surface area contributed by atoms with Gasteiger partial charge in [-0.1, -0.05) is 24.3 Å². The molecule has 1 aromatic rings. The van der Waals surface area contributed by atoms with Crippen LogP contribution in [0.3, 0.4) is 0 Å². The second-order valence-corrected chi connectivity index (χ2v) is 9.97. The van der Waals surface area contributed by atoms with Crippen molar-refractivity contribution >= 4 is 18.7 Å². The molecule has 1 heterocycles. The van der Waals surface area contributed by atoms with Gasteiger partial charge in [-0.2, -0.15) is 0 Å². The second kappa shape index (κ2) is 8.66. The van der Waals surface area contributed by atoms with Crippen molar-refractivity contribution in [3.05, 3.63) is 29.8 Å². The summed E-state index contributed by atoms with van der Waals surface area (Å²) >= 11 is 0. The predicted octanol–water partition coefficient (Wildman–Crippen LogP) is 3.28. The Morgan fingerprint density at radius 3 is 2.21 bits per heavy atom. The largest absolute Gasteiger partial charge is 0.494 e. The van der Waals surface area contributed by atoms with E-state index in [-0.39, 0.29) is 24.4 Å². The molecule has 0 spiro atoms. The molecular formula is C22H37BN2O4. The van der Waals surface area contributed by atoms with Crippen molar-refractivity contribution in [1.29, 1.82) is 0 Å². The number of amides is 1. The zero-order valence-corrected chi connectivity index (χ0v) is 19.5. The Balaban J connectivity index is 1.91. The van der Waals surface area contributed by atoms with Crippen LogP contribution in [0, 0.1) is 0 Å². The first kappa shape index (κ1) is 23.7. The normalized spacial score (nSPS) is 18.2. The van der Waals surface area contributed by atoms with Gasteiger partial charge in [0.2, 0.25) is 0 Å². The summed E-state index contributed by atoms with van der Waals surface area (Å²) in [7, 11) is 3.45. The average Bonchev–Trinajstić information content (AvgIpc) is 2.79. The SMILES string of the molecule is CN(CCN(C)C(=O)OC(C)(C)C)Cc1cccc(B2OC(C)(C)C(C)(C)O2)c1. The quantitative estimate of drug-likeness (QED) is 0.682. The van der Waals surface area contributed by atoms with Gasteiger partial charge in [-0.3, -0.25) is 0 Å². The Morgan fingerprint density at radius 2 is 1.66 bits per heavy atom. The molecule has 162 valence electrons. The summed E-state index contributed by atoms with van der Waals surface area (Å²) in [6.45, 7) is 16.0. The van der Waals surface area contributed by atoms with Gasteiger partial charge in [0.05, 0.1) is 11.2 Å². The standard InChI is InChI=1S/C22H37BN2O4/c1-20(2,3)27-19(26)25(9)14-13-24(8)16-17-11-10-12-18(15-17)23-28-21(4,5)22(6,7)29-23/h10-12,15H,13-14,16H2,1-9H3. The van der Waals surface area contributed by atoms with Gasteiger partial charge in [0.15, 0.2) is 0 Å². The Kier molecular flexibility index (Phi) is 7.08. The molecular weight excluding hydrogens is 367 g/mol. The van der Waals surface area contributed by atoms with E-state index >= 15 is 0 Å². The van der Waals surface area contributed by atoms with Crippen molar-refractivity contribution in [1.82, 2.24) is 9.80 Å². The molecule has 6 nitrogen and oxygen atoms in total. The van der Waals surface area contributed by atoms with Gasteiger partial charge in [-0.15, -0.1) is 0 Å². The summed E-state index contributed by atoms with van der Waals surface area (Å²) in [5.41, 5.74) is 1.03. The topological polar surface area (TPSA) is 51.2 Å². The highest BCUT2D eigenvalue weighted by molar-refractivity contribution is 6.62. The molecule has 0 radical (unpaired) electrons. The fraction of sp³-hybridized carbons (Fsp3) is 0.682. The number of hydrogen-bond acceptors (Lipinski definition) is 5. The number of hydrogen-bond donors (Lipinski definition) is 0. The van der Waals surface area contributed by atoms with Gasteiger partial charge in [-0.05, 0) is 66.5 Å². The van der Waals surface area contributed by atoms with Crippen LogP contribution in [0.4, 0.5) is 4.79 Å². The van der Waals surface area contributed by atoms with Crippen molar-refractivity contribution < 1.29 is 18.8 Å². The van der Waals surface area contributed by atoms with Crippen molar-refractivity contribution in [2.45, 2.75) is 71.8 Å². The van der Waals surface area contributed by atoms with E-state index in [9.17, 15) is 4.79 Å². The van der Waals surface area contributed by atoms with Gasteiger partial charge < -0.3 is 23.8 Å². The molecule has 7 heteroatoms. The van der Waals surface area contributed by atoms with Crippen molar-refractivity contribution in [2.75, 3.05) is 27.2 Å². The number of likely N-dealkylation sites (N-methyl/N-ethyl adjacent to an activating group) is 2. The van der Waals surface area contributed by atoms with E-state index in [2.05, 4.69) is 44.7 Å². The van der Waals surface area contributed by atoms with Crippen LogP contribution in [-0.4, -0.2) is 67.0 Å². The van der Waals surface area contributed by atoms with Gasteiger partial charge in [0.1, 0.15) is 5.60 Å². The lowest BCUT2D eigenvalue weighted by Gasteiger charge is -2.32. The van der Waals surface area contributed by atoms with Crippen molar-refractivity contribution in [3.63, 3.8) is 0 Å². The molecule has 0 unspecified atom stereocenters. The van der Waals surface area contributed by atoms with Crippen LogP contribution in [0.25, 0.3) is 0 Å². The van der Waals surface area contributed by atoms with Gasteiger partial charge in [-0.25, -0.2) is 4.79 Å². The molecule has 1 fully saturated rings. The summed E-state index contributed by atoms with van der Waals surface area (Å²) < 4.78 is 17.7. The molecule has 0 atom stereocenters. The predicted molar refractivity (Wildman–Crippen MR) is 117 cm³/mol. The van der Waals surface area contributed by atoms with E-state index in [0.717, 1.165) is 18.6 Å². The molecule has 1 aliphatic heterocycles. The van der Waals surface area contributed by atoms with Gasteiger partial charge >= 0.3 is 13.2 Å². The third kappa shape index (κ3) is 6.46. The Bertz CT molecular complexity index is 699. The molecule has 0 aromatic heterocycles. The number of nitrogens with zero attached hydrogens (tertiary/aromatic N) is 2. The Morgan fingerprint density at radius 1 is 1.07 bits per heavy atom. The lowest BCUT2D eigenvalue weighted by atomic mass is 9.78. The zero-order chi connectivity index (χ0) is 22.0.